The van der Waals surface area contributed by atoms with E-state index in [1.807, 2.05) is 25.7 Å². The van der Waals surface area contributed by atoms with E-state index >= 15 is 0 Å². The molecule has 2 fully saturated rings. The predicted molar refractivity (Wildman–Crippen MR) is 114 cm³/mol. The molecule has 1 aliphatic heterocycles. The Kier molecular flexibility index (Phi) is 5.84. The summed E-state index contributed by atoms with van der Waals surface area (Å²) in [5.74, 6) is 0.609. The summed E-state index contributed by atoms with van der Waals surface area (Å²) in [6.07, 6.45) is 2.05. The fraction of sp³-hybridized carbons (Fsp3) is 0.524. The van der Waals surface area contributed by atoms with E-state index in [0.717, 1.165) is 6.42 Å². The summed E-state index contributed by atoms with van der Waals surface area (Å²) in [6.45, 7) is 11.2. The van der Waals surface area contributed by atoms with Crippen LogP contribution in [-0.2, 0) is 9.53 Å². The van der Waals surface area contributed by atoms with Crippen molar-refractivity contribution >= 4 is 34.6 Å². The fourth-order valence-corrected chi connectivity index (χ4v) is 3.89. The number of likely N-dealkylation sites (tertiary alicyclic amines) is 1. The highest BCUT2D eigenvalue weighted by Crippen LogP contribution is 2.45. The standard InChI is InChI=1S/C21H27IN2O3/c1-5-19(25)23-11-14(12-23)13-24(20(26)27-21(2,3)4)18-10-17(18)15-6-8-16(22)9-7-15/h5-9,14,17-18H,1,10-13H2,2-4H3. The lowest BCUT2D eigenvalue weighted by Gasteiger charge is -2.41. The van der Waals surface area contributed by atoms with Crippen molar-refractivity contribution in [2.75, 3.05) is 19.6 Å². The van der Waals surface area contributed by atoms with Gasteiger partial charge < -0.3 is 14.5 Å². The summed E-state index contributed by atoms with van der Waals surface area (Å²) in [6, 6.07) is 8.67. The van der Waals surface area contributed by atoms with Gasteiger partial charge in [0.05, 0.1) is 0 Å². The molecule has 1 aliphatic carbocycles. The van der Waals surface area contributed by atoms with Crippen molar-refractivity contribution < 1.29 is 14.3 Å². The number of ether oxygens (including phenoxy) is 1. The van der Waals surface area contributed by atoms with Gasteiger partial charge in [-0.05, 0) is 73.6 Å². The molecule has 0 bridgehead atoms. The van der Waals surface area contributed by atoms with Crippen LogP contribution in [0.1, 0.15) is 38.7 Å². The highest BCUT2D eigenvalue weighted by atomic mass is 127. The third-order valence-electron chi connectivity index (χ3n) is 4.98. The topological polar surface area (TPSA) is 49.9 Å². The van der Waals surface area contributed by atoms with Gasteiger partial charge >= 0.3 is 6.09 Å². The number of halogens is 1. The van der Waals surface area contributed by atoms with Crippen LogP contribution in [0.3, 0.4) is 0 Å². The first-order chi connectivity index (χ1) is 12.7. The lowest BCUT2D eigenvalue weighted by Crippen LogP contribution is -2.55. The molecule has 1 aromatic rings. The molecular weight excluding hydrogens is 455 g/mol. The molecule has 2 aliphatic rings. The van der Waals surface area contributed by atoms with Crippen LogP contribution in [0.15, 0.2) is 36.9 Å². The summed E-state index contributed by atoms with van der Waals surface area (Å²) in [7, 11) is 0. The number of carbonyl (C=O) groups excluding carboxylic acids is 2. The highest BCUT2D eigenvalue weighted by molar-refractivity contribution is 14.1. The highest BCUT2D eigenvalue weighted by Gasteiger charge is 2.47. The minimum atomic E-state index is -0.521. The van der Waals surface area contributed by atoms with Crippen molar-refractivity contribution in [2.45, 2.75) is 44.8 Å². The molecule has 27 heavy (non-hydrogen) atoms. The third kappa shape index (κ3) is 5.03. The third-order valence-corrected chi connectivity index (χ3v) is 5.70. The molecule has 5 nitrogen and oxygen atoms in total. The van der Waals surface area contributed by atoms with Crippen molar-refractivity contribution in [1.82, 2.24) is 9.80 Å². The monoisotopic (exact) mass is 482 g/mol. The van der Waals surface area contributed by atoms with Gasteiger partial charge in [0.25, 0.3) is 0 Å². The van der Waals surface area contributed by atoms with Crippen molar-refractivity contribution in [1.29, 1.82) is 0 Å². The molecular formula is C21H27IN2O3. The van der Waals surface area contributed by atoms with Gasteiger partial charge in [0, 0.05) is 41.1 Å². The summed E-state index contributed by atoms with van der Waals surface area (Å²) in [5.41, 5.74) is 0.749. The first-order valence-corrected chi connectivity index (χ1v) is 10.4. The first kappa shape index (κ1) is 20.2. The Balaban J connectivity index is 1.66. The molecule has 2 unspecified atom stereocenters. The SMILES string of the molecule is C=CC(=O)N1CC(CN(C(=O)OC(C)(C)C)C2CC2c2ccc(I)cc2)C1. The van der Waals surface area contributed by atoms with Gasteiger partial charge in [-0.1, -0.05) is 18.7 Å². The number of nitrogens with zero attached hydrogens (tertiary/aromatic N) is 2. The second-order valence-electron chi connectivity index (χ2n) is 8.41. The van der Waals surface area contributed by atoms with Crippen LogP contribution < -0.4 is 0 Å². The number of hydrogen-bond acceptors (Lipinski definition) is 3. The van der Waals surface area contributed by atoms with Gasteiger partial charge in [-0.3, -0.25) is 4.79 Å². The zero-order valence-electron chi connectivity index (χ0n) is 16.2. The zero-order valence-corrected chi connectivity index (χ0v) is 18.3. The molecule has 0 N–H and O–H groups in total. The Morgan fingerprint density at radius 2 is 1.93 bits per heavy atom. The largest absolute Gasteiger partial charge is 0.444 e. The van der Waals surface area contributed by atoms with Crippen LogP contribution >= 0.6 is 22.6 Å². The summed E-state index contributed by atoms with van der Waals surface area (Å²) < 4.78 is 6.87. The van der Waals surface area contributed by atoms with Gasteiger partial charge in [-0.2, -0.15) is 0 Å². The molecule has 0 spiro atoms. The van der Waals surface area contributed by atoms with Gasteiger partial charge in [0.1, 0.15) is 5.60 Å². The van der Waals surface area contributed by atoms with E-state index in [1.54, 1.807) is 4.90 Å². The number of amides is 2. The smallest absolute Gasteiger partial charge is 0.410 e. The van der Waals surface area contributed by atoms with E-state index in [2.05, 4.69) is 53.4 Å². The summed E-state index contributed by atoms with van der Waals surface area (Å²) in [4.78, 5) is 28.1. The maximum Gasteiger partial charge on any atom is 0.410 e. The molecule has 0 aromatic heterocycles. The van der Waals surface area contributed by atoms with Crippen LogP contribution in [0.2, 0.25) is 0 Å². The quantitative estimate of drug-likeness (QED) is 0.471. The van der Waals surface area contributed by atoms with Crippen LogP contribution in [0, 0.1) is 9.49 Å². The Morgan fingerprint density at radius 3 is 2.48 bits per heavy atom. The van der Waals surface area contributed by atoms with E-state index in [-0.39, 0.29) is 18.0 Å². The van der Waals surface area contributed by atoms with E-state index < -0.39 is 5.60 Å². The molecule has 2 atom stereocenters. The van der Waals surface area contributed by atoms with Gasteiger partial charge in [-0.25, -0.2) is 4.79 Å². The van der Waals surface area contributed by atoms with Crippen LogP contribution in [0.5, 0.6) is 0 Å². The maximum absolute atomic E-state index is 12.8. The molecule has 1 heterocycles. The molecule has 3 rings (SSSR count). The van der Waals surface area contributed by atoms with Gasteiger partial charge in [0.15, 0.2) is 0 Å². The molecule has 1 saturated carbocycles. The molecule has 146 valence electrons. The summed E-state index contributed by atoms with van der Waals surface area (Å²) in [5, 5.41) is 0. The number of hydrogen-bond donors (Lipinski definition) is 0. The van der Waals surface area contributed by atoms with Crippen LogP contribution in [-0.4, -0.2) is 53.1 Å². The molecule has 0 radical (unpaired) electrons. The Hall–Kier alpha value is -1.57. The molecule has 6 heteroatoms. The minimum Gasteiger partial charge on any atom is -0.444 e. The van der Waals surface area contributed by atoms with E-state index in [1.165, 1.54) is 15.2 Å². The molecule has 2 amide bonds. The zero-order chi connectivity index (χ0) is 19.8. The first-order valence-electron chi connectivity index (χ1n) is 9.34. The van der Waals surface area contributed by atoms with Crippen LogP contribution in [0.25, 0.3) is 0 Å². The fourth-order valence-electron chi connectivity index (χ4n) is 3.53. The average molecular weight is 482 g/mol. The number of rotatable bonds is 5. The normalized spacial score (nSPS) is 22.0. The van der Waals surface area contributed by atoms with Crippen molar-refractivity contribution in [2.24, 2.45) is 5.92 Å². The van der Waals surface area contributed by atoms with E-state index in [4.69, 9.17) is 4.74 Å². The second-order valence-corrected chi connectivity index (χ2v) is 9.65. The van der Waals surface area contributed by atoms with Gasteiger partial charge in [-0.15, -0.1) is 0 Å². The Bertz CT molecular complexity index is 720. The van der Waals surface area contributed by atoms with E-state index in [9.17, 15) is 9.59 Å². The van der Waals surface area contributed by atoms with Crippen molar-refractivity contribution in [3.63, 3.8) is 0 Å². The number of benzene rings is 1. The Labute approximate surface area is 174 Å². The molecule has 1 saturated heterocycles. The maximum atomic E-state index is 12.8. The van der Waals surface area contributed by atoms with Crippen molar-refractivity contribution in [3.8, 4) is 0 Å². The Morgan fingerprint density at radius 1 is 1.30 bits per heavy atom. The van der Waals surface area contributed by atoms with Crippen LogP contribution in [0.4, 0.5) is 4.79 Å². The van der Waals surface area contributed by atoms with E-state index in [0.29, 0.717) is 31.5 Å². The second kappa shape index (κ2) is 7.81. The summed E-state index contributed by atoms with van der Waals surface area (Å²) >= 11 is 2.30. The number of carbonyl (C=O) groups is 2. The average Bonchev–Trinajstić information content (AvgIpc) is 3.32. The molecule has 1 aromatic carbocycles. The lowest BCUT2D eigenvalue weighted by molar-refractivity contribution is -0.132. The minimum absolute atomic E-state index is 0.0433. The predicted octanol–water partition coefficient (Wildman–Crippen LogP) is 4.03. The van der Waals surface area contributed by atoms with Gasteiger partial charge in [0.2, 0.25) is 5.91 Å². The van der Waals surface area contributed by atoms with Crippen molar-refractivity contribution in [3.05, 3.63) is 46.1 Å². The lowest BCUT2D eigenvalue weighted by atomic mass is 9.99.